The molecule has 86 valence electrons. The van der Waals surface area contributed by atoms with Gasteiger partial charge in [-0.25, -0.2) is 9.97 Å². The molecular formula is C12H11ClN4. The third kappa shape index (κ3) is 2.73. The van der Waals surface area contributed by atoms with Gasteiger partial charge in [0.2, 0.25) is 0 Å². The zero-order chi connectivity index (χ0) is 12.3. The molecule has 0 aliphatic heterocycles. The van der Waals surface area contributed by atoms with E-state index in [9.17, 15) is 0 Å². The highest BCUT2D eigenvalue weighted by atomic mass is 35.5. The van der Waals surface area contributed by atoms with Crippen molar-refractivity contribution in [1.82, 2.24) is 9.97 Å². The Bertz CT molecular complexity index is 529. The number of anilines is 2. The van der Waals surface area contributed by atoms with E-state index in [0.717, 1.165) is 5.56 Å². The minimum Gasteiger partial charge on any atom is -0.393 e. The van der Waals surface area contributed by atoms with Crippen LogP contribution >= 0.6 is 11.6 Å². The SMILES string of the molecule is Nc1nc(C=Cc2ccccc2)nc(Cl)c1N. The molecule has 17 heavy (non-hydrogen) atoms. The smallest absolute Gasteiger partial charge is 0.158 e. The van der Waals surface area contributed by atoms with E-state index in [1.807, 2.05) is 36.4 Å². The average molecular weight is 247 g/mol. The lowest BCUT2D eigenvalue weighted by atomic mass is 10.2. The number of nitrogens with two attached hydrogens (primary N) is 2. The van der Waals surface area contributed by atoms with Crippen molar-refractivity contribution in [2.24, 2.45) is 0 Å². The summed E-state index contributed by atoms with van der Waals surface area (Å²) in [6, 6.07) is 9.79. The monoisotopic (exact) mass is 246 g/mol. The third-order valence-corrected chi connectivity index (χ3v) is 2.46. The molecule has 0 atom stereocenters. The Morgan fingerprint density at radius 2 is 1.71 bits per heavy atom. The van der Waals surface area contributed by atoms with E-state index in [-0.39, 0.29) is 16.7 Å². The molecule has 1 aromatic heterocycles. The number of nitrogens with zero attached hydrogens (tertiary/aromatic N) is 2. The van der Waals surface area contributed by atoms with Crippen LogP contribution in [0.2, 0.25) is 5.15 Å². The van der Waals surface area contributed by atoms with Crippen LogP contribution in [0.5, 0.6) is 0 Å². The van der Waals surface area contributed by atoms with Gasteiger partial charge in [-0.2, -0.15) is 0 Å². The van der Waals surface area contributed by atoms with Crippen molar-refractivity contribution in [1.29, 1.82) is 0 Å². The lowest BCUT2D eigenvalue weighted by Crippen LogP contribution is -2.02. The number of halogens is 1. The molecule has 0 unspecified atom stereocenters. The van der Waals surface area contributed by atoms with Crippen molar-refractivity contribution in [2.45, 2.75) is 0 Å². The second-order valence-electron chi connectivity index (χ2n) is 3.42. The summed E-state index contributed by atoms with van der Waals surface area (Å²) in [5.74, 6) is 0.628. The van der Waals surface area contributed by atoms with Gasteiger partial charge in [0, 0.05) is 0 Å². The Labute approximate surface area is 104 Å². The number of aromatic nitrogens is 2. The minimum absolute atomic E-state index is 0.171. The van der Waals surface area contributed by atoms with Crippen LogP contribution in [-0.2, 0) is 0 Å². The van der Waals surface area contributed by atoms with E-state index in [1.165, 1.54) is 0 Å². The molecule has 2 rings (SSSR count). The zero-order valence-electron chi connectivity index (χ0n) is 8.97. The molecule has 0 bridgehead atoms. The lowest BCUT2D eigenvalue weighted by Gasteiger charge is -2.01. The molecule has 0 fully saturated rings. The second-order valence-corrected chi connectivity index (χ2v) is 3.77. The second kappa shape index (κ2) is 4.84. The van der Waals surface area contributed by atoms with Gasteiger partial charge >= 0.3 is 0 Å². The van der Waals surface area contributed by atoms with Crippen LogP contribution in [0.4, 0.5) is 11.5 Å². The van der Waals surface area contributed by atoms with Crippen molar-refractivity contribution < 1.29 is 0 Å². The molecule has 1 heterocycles. The first-order chi connectivity index (χ1) is 8.16. The number of hydrogen-bond acceptors (Lipinski definition) is 4. The molecular weight excluding hydrogens is 236 g/mol. The Kier molecular flexibility index (Phi) is 3.25. The van der Waals surface area contributed by atoms with Gasteiger partial charge in [-0.15, -0.1) is 0 Å². The standard InChI is InChI=1S/C12H11ClN4/c13-11-10(14)12(15)17-9(16-11)7-6-8-4-2-1-3-5-8/h1-7H,14H2,(H2,15,16,17). The molecule has 0 saturated carbocycles. The van der Waals surface area contributed by atoms with Crippen molar-refractivity contribution >= 4 is 35.3 Å². The first-order valence-corrected chi connectivity index (χ1v) is 5.36. The molecule has 0 saturated heterocycles. The molecule has 1 aromatic carbocycles. The highest BCUT2D eigenvalue weighted by molar-refractivity contribution is 6.32. The fourth-order valence-electron chi connectivity index (χ4n) is 1.28. The molecule has 0 radical (unpaired) electrons. The Morgan fingerprint density at radius 1 is 1.00 bits per heavy atom. The number of benzene rings is 1. The number of nitrogen functional groups attached to an aromatic ring is 2. The van der Waals surface area contributed by atoms with Gasteiger partial charge < -0.3 is 11.5 Å². The highest BCUT2D eigenvalue weighted by Gasteiger charge is 2.04. The quantitative estimate of drug-likeness (QED) is 0.798. The first-order valence-electron chi connectivity index (χ1n) is 4.98. The predicted octanol–water partition coefficient (Wildman–Crippen LogP) is 2.46. The summed E-state index contributed by atoms with van der Waals surface area (Å²) in [5.41, 5.74) is 12.4. The normalized spacial score (nSPS) is 10.9. The van der Waals surface area contributed by atoms with Gasteiger partial charge in [0.05, 0.1) is 0 Å². The summed E-state index contributed by atoms with van der Waals surface area (Å²) in [4.78, 5) is 8.03. The van der Waals surface area contributed by atoms with Crippen molar-refractivity contribution in [3.8, 4) is 0 Å². The zero-order valence-corrected chi connectivity index (χ0v) is 9.72. The van der Waals surface area contributed by atoms with Crippen LogP contribution in [0.3, 0.4) is 0 Å². The molecule has 0 spiro atoms. The van der Waals surface area contributed by atoms with E-state index in [2.05, 4.69) is 9.97 Å². The molecule has 4 nitrogen and oxygen atoms in total. The summed E-state index contributed by atoms with van der Waals surface area (Å²) in [5, 5.41) is 0.171. The maximum Gasteiger partial charge on any atom is 0.158 e. The largest absolute Gasteiger partial charge is 0.393 e. The van der Waals surface area contributed by atoms with Crippen LogP contribution in [0.25, 0.3) is 12.2 Å². The molecule has 5 heteroatoms. The van der Waals surface area contributed by atoms with Gasteiger partial charge in [0.15, 0.2) is 16.8 Å². The third-order valence-electron chi connectivity index (χ3n) is 2.17. The lowest BCUT2D eigenvalue weighted by molar-refractivity contribution is 1.15. The van der Waals surface area contributed by atoms with Crippen molar-refractivity contribution in [3.05, 3.63) is 46.9 Å². The fraction of sp³-hybridized carbons (Fsp3) is 0. The van der Waals surface area contributed by atoms with Crippen LogP contribution in [0, 0.1) is 0 Å². The van der Waals surface area contributed by atoms with Gasteiger partial charge in [-0.3, -0.25) is 0 Å². The molecule has 0 aliphatic carbocycles. The van der Waals surface area contributed by atoms with Crippen LogP contribution in [0.1, 0.15) is 11.4 Å². The Morgan fingerprint density at radius 3 is 2.35 bits per heavy atom. The first kappa shape index (κ1) is 11.4. The van der Waals surface area contributed by atoms with Crippen molar-refractivity contribution in [3.63, 3.8) is 0 Å². The fourth-order valence-corrected chi connectivity index (χ4v) is 1.47. The van der Waals surface area contributed by atoms with E-state index in [1.54, 1.807) is 6.08 Å². The van der Waals surface area contributed by atoms with Crippen LogP contribution in [0.15, 0.2) is 30.3 Å². The highest BCUT2D eigenvalue weighted by Crippen LogP contribution is 2.21. The molecule has 0 aliphatic rings. The molecule has 2 aromatic rings. The number of hydrogen-bond donors (Lipinski definition) is 2. The van der Waals surface area contributed by atoms with E-state index in [0.29, 0.717) is 5.82 Å². The van der Waals surface area contributed by atoms with Gasteiger partial charge in [-0.1, -0.05) is 48.0 Å². The Balaban J connectivity index is 2.28. The predicted molar refractivity (Wildman–Crippen MR) is 71.2 cm³/mol. The summed E-state index contributed by atoms with van der Waals surface area (Å²) in [7, 11) is 0. The topological polar surface area (TPSA) is 77.8 Å². The van der Waals surface area contributed by atoms with Gasteiger partial charge in [-0.05, 0) is 11.6 Å². The van der Waals surface area contributed by atoms with Crippen molar-refractivity contribution in [2.75, 3.05) is 11.5 Å². The van der Waals surface area contributed by atoms with E-state index < -0.39 is 0 Å². The van der Waals surface area contributed by atoms with Gasteiger partial charge in [0.1, 0.15) is 5.69 Å². The Hall–Kier alpha value is -2.07. The molecule has 4 N–H and O–H groups in total. The number of rotatable bonds is 2. The van der Waals surface area contributed by atoms with E-state index >= 15 is 0 Å². The maximum atomic E-state index is 5.81. The summed E-state index contributed by atoms with van der Waals surface area (Å²) < 4.78 is 0. The van der Waals surface area contributed by atoms with Crippen LogP contribution in [-0.4, -0.2) is 9.97 Å². The summed E-state index contributed by atoms with van der Waals surface area (Å²) in [6.45, 7) is 0. The average Bonchev–Trinajstić information content (AvgIpc) is 2.34. The minimum atomic E-state index is 0.171. The summed E-state index contributed by atoms with van der Waals surface area (Å²) in [6.07, 6.45) is 3.61. The summed E-state index contributed by atoms with van der Waals surface area (Å²) >= 11 is 5.81. The van der Waals surface area contributed by atoms with Gasteiger partial charge in [0.25, 0.3) is 0 Å². The maximum absolute atomic E-state index is 5.81. The van der Waals surface area contributed by atoms with E-state index in [4.69, 9.17) is 23.1 Å². The van der Waals surface area contributed by atoms with Crippen LogP contribution < -0.4 is 11.5 Å². The molecule has 0 amide bonds.